The van der Waals surface area contributed by atoms with Gasteiger partial charge in [-0.1, -0.05) is 6.92 Å². The van der Waals surface area contributed by atoms with Crippen molar-refractivity contribution in [1.82, 2.24) is 4.90 Å². The van der Waals surface area contributed by atoms with Crippen molar-refractivity contribution in [1.29, 1.82) is 0 Å². The molecule has 0 amide bonds. The minimum absolute atomic E-state index is 0.426. The zero-order valence-electron chi connectivity index (χ0n) is 9.41. The first kappa shape index (κ1) is 10.4. The highest BCUT2D eigenvalue weighted by Crippen LogP contribution is 2.34. The third-order valence-corrected chi connectivity index (χ3v) is 3.56. The number of hydrogen-bond acceptors (Lipinski definition) is 2. The molecule has 2 N–H and O–H groups in total. The third-order valence-electron chi connectivity index (χ3n) is 3.56. The summed E-state index contributed by atoms with van der Waals surface area (Å²) in [7, 11) is 0. The summed E-state index contributed by atoms with van der Waals surface area (Å²) in [5.41, 5.74) is 5.96. The lowest BCUT2D eigenvalue weighted by Gasteiger charge is -2.23. The van der Waals surface area contributed by atoms with Crippen LogP contribution in [0.5, 0.6) is 0 Å². The van der Waals surface area contributed by atoms with Crippen molar-refractivity contribution < 1.29 is 0 Å². The van der Waals surface area contributed by atoms with E-state index < -0.39 is 0 Å². The molecule has 2 aliphatic rings. The van der Waals surface area contributed by atoms with Crippen molar-refractivity contribution in [2.45, 2.75) is 57.5 Å². The predicted molar refractivity (Wildman–Crippen MR) is 60.2 cm³/mol. The average Bonchev–Trinajstić information content (AvgIpc) is 3.02. The fourth-order valence-corrected chi connectivity index (χ4v) is 2.03. The van der Waals surface area contributed by atoms with E-state index >= 15 is 0 Å². The Morgan fingerprint density at radius 2 is 2.00 bits per heavy atom. The van der Waals surface area contributed by atoms with Crippen molar-refractivity contribution in [3.8, 4) is 0 Å². The SMILES string of the molecule is CCC(N)CCN(CC1CC1)C1CC1. The fraction of sp³-hybridized carbons (Fsp3) is 1.00. The predicted octanol–water partition coefficient (Wildman–Crippen LogP) is 1.99. The standard InChI is InChI=1S/C12H24N2/c1-2-11(13)7-8-14(12-5-6-12)9-10-3-4-10/h10-12H,2-9,13H2,1H3. The summed E-state index contributed by atoms with van der Waals surface area (Å²) in [6, 6.07) is 1.36. The van der Waals surface area contributed by atoms with Crippen LogP contribution in [0, 0.1) is 5.92 Å². The third kappa shape index (κ3) is 3.25. The quantitative estimate of drug-likeness (QED) is 0.674. The molecule has 0 saturated heterocycles. The van der Waals surface area contributed by atoms with E-state index in [1.165, 1.54) is 45.2 Å². The lowest BCUT2D eigenvalue weighted by Crippen LogP contribution is -2.33. The maximum atomic E-state index is 5.96. The molecule has 1 unspecified atom stereocenters. The van der Waals surface area contributed by atoms with E-state index in [1.54, 1.807) is 0 Å². The molecule has 0 aromatic rings. The Morgan fingerprint density at radius 3 is 2.50 bits per heavy atom. The summed E-state index contributed by atoms with van der Waals surface area (Å²) >= 11 is 0. The van der Waals surface area contributed by atoms with Gasteiger partial charge in [-0.25, -0.2) is 0 Å². The van der Waals surface area contributed by atoms with Crippen LogP contribution in [0.25, 0.3) is 0 Å². The summed E-state index contributed by atoms with van der Waals surface area (Å²) in [5.74, 6) is 1.04. The smallest absolute Gasteiger partial charge is 0.00965 e. The zero-order valence-corrected chi connectivity index (χ0v) is 9.41. The molecular formula is C12H24N2. The van der Waals surface area contributed by atoms with E-state index in [2.05, 4.69) is 11.8 Å². The molecule has 1 atom stereocenters. The molecule has 0 radical (unpaired) electrons. The summed E-state index contributed by atoms with van der Waals surface area (Å²) in [4.78, 5) is 2.70. The van der Waals surface area contributed by atoms with E-state index in [1.807, 2.05) is 0 Å². The van der Waals surface area contributed by atoms with Gasteiger partial charge >= 0.3 is 0 Å². The largest absolute Gasteiger partial charge is 0.328 e. The van der Waals surface area contributed by atoms with Crippen LogP contribution in [-0.2, 0) is 0 Å². The van der Waals surface area contributed by atoms with Gasteiger partial charge in [-0.3, -0.25) is 0 Å². The molecule has 0 aromatic heterocycles. The summed E-state index contributed by atoms with van der Waals surface area (Å²) in [5, 5.41) is 0. The van der Waals surface area contributed by atoms with Gasteiger partial charge < -0.3 is 10.6 Å². The lowest BCUT2D eigenvalue weighted by atomic mass is 10.1. The monoisotopic (exact) mass is 196 g/mol. The molecular weight excluding hydrogens is 172 g/mol. The van der Waals surface area contributed by atoms with E-state index in [-0.39, 0.29) is 0 Å². The van der Waals surface area contributed by atoms with Crippen LogP contribution >= 0.6 is 0 Å². The molecule has 2 nitrogen and oxygen atoms in total. The minimum Gasteiger partial charge on any atom is -0.328 e. The van der Waals surface area contributed by atoms with Crippen molar-refractivity contribution in [3.63, 3.8) is 0 Å². The molecule has 0 bridgehead atoms. The number of rotatable bonds is 7. The van der Waals surface area contributed by atoms with Crippen LogP contribution in [0.3, 0.4) is 0 Å². The summed E-state index contributed by atoms with van der Waals surface area (Å²) in [6.45, 7) is 4.80. The molecule has 0 aliphatic heterocycles. The Kier molecular flexibility index (Phi) is 3.45. The molecule has 82 valence electrons. The van der Waals surface area contributed by atoms with Crippen LogP contribution < -0.4 is 5.73 Å². The zero-order chi connectivity index (χ0) is 9.97. The van der Waals surface area contributed by atoms with Gasteiger partial charge in [0.15, 0.2) is 0 Å². The van der Waals surface area contributed by atoms with Crippen LogP contribution in [0.2, 0.25) is 0 Å². The van der Waals surface area contributed by atoms with Crippen molar-refractivity contribution in [2.75, 3.05) is 13.1 Å². The second-order valence-corrected chi connectivity index (χ2v) is 5.13. The first-order valence-corrected chi connectivity index (χ1v) is 6.29. The molecule has 14 heavy (non-hydrogen) atoms. The van der Waals surface area contributed by atoms with Gasteiger partial charge in [0.05, 0.1) is 0 Å². The van der Waals surface area contributed by atoms with E-state index in [0.717, 1.165) is 18.4 Å². The topological polar surface area (TPSA) is 29.3 Å². The maximum Gasteiger partial charge on any atom is 0.00965 e. The molecule has 2 rings (SSSR count). The minimum atomic E-state index is 0.426. The summed E-state index contributed by atoms with van der Waals surface area (Å²) in [6.07, 6.45) is 8.15. The Morgan fingerprint density at radius 1 is 1.29 bits per heavy atom. The number of nitrogens with two attached hydrogens (primary N) is 1. The van der Waals surface area contributed by atoms with Gasteiger partial charge in [-0.15, -0.1) is 0 Å². The van der Waals surface area contributed by atoms with Crippen LogP contribution in [-0.4, -0.2) is 30.1 Å². The second-order valence-electron chi connectivity index (χ2n) is 5.13. The molecule has 0 heterocycles. The highest BCUT2D eigenvalue weighted by Gasteiger charge is 2.33. The molecule has 2 fully saturated rings. The maximum absolute atomic E-state index is 5.96. The van der Waals surface area contributed by atoms with Crippen molar-refractivity contribution in [3.05, 3.63) is 0 Å². The van der Waals surface area contributed by atoms with E-state index in [4.69, 9.17) is 5.73 Å². The van der Waals surface area contributed by atoms with E-state index in [9.17, 15) is 0 Å². The van der Waals surface area contributed by atoms with E-state index in [0.29, 0.717) is 6.04 Å². The highest BCUT2D eigenvalue weighted by molar-refractivity contribution is 4.88. The van der Waals surface area contributed by atoms with Crippen LogP contribution in [0.15, 0.2) is 0 Å². The summed E-state index contributed by atoms with van der Waals surface area (Å²) < 4.78 is 0. The second kappa shape index (κ2) is 4.63. The van der Waals surface area contributed by atoms with Crippen molar-refractivity contribution in [2.24, 2.45) is 11.7 Å². The van der Waals surface area contributed by atoms with Crippen molar-refractivity contribution >= 4 is 0 Å². The van der Waals surface area contributed by atoms with Gasteiger partial charge in [-0.2, -0.15) is 0 Å². The van der Waals surface area contributed by atoms with Crippen LogP contribution in [0.4, 0.5) is 0 Å². The number of hydrogen-bond donors (Lipinski definition) is 1. The molecule has 0 spiro atoms. The number of nitrogens with zero attached hydrogens (tertiary/aromatic N) is 1. The first-order chi connectivity index (χ1) is 6.79. The first-order valence-electron chi connectivity index (χ1n) is 6.29. The van der Waals surface area contributed by atoms with Crippen LogP contribution in [0.1, 0.15) is 45.4 Å². The van der Waals surface area contributed by atoms with Gasteiger partial charge in [0, 0.05) is 18.6 Å². The van der Waals surface area contributed by atoms with Gasteiger partial charge in [0.1, 0.15) is 0 Å². The molecule has 2 heteroatoms. The Hall–Kier alpha value is -0.0800. The highest BCUT2D eigenvalue weighted by atomic mass is 15.2. The normalized spacial score (nSPS) is 24.2. The Bertz CT molecular complexity index is 173. The Balaban J connectivity index is 1.67. The lowest BCUT2D eigenvalue weighted by molar-refractivity contribution is 0.242. The Labute approximate surface area is 87.8 Å². The fourth-order valence-electron chi connectivity index (χ4n) is 2.03. The average molecular weight is 196 g/mol. The molecule has 0 aromatic carbocycles. The van der Waals surface area contributed by atoms with Gasteiger partial charge in [-0.05, 0) is 51.0 Å². The molecule has 2 aliphatic carbocycles. The molecule has 2 saturated carbocycles. The van der Waals surface area contributed by atoms with Gasteiger partial charge in [0.25, 0.3) is 0 Å². The van der Waals surface area contributed by atoms with Gasteiger partial charge in [0.2, 0.25) is 0 Å².